The van der Waals surface area contributed by atoms with Gasteiger partial charge in [-0.05, 0) is 56.5 Å². The van der Waals surface area contributed by atoms with Crippen LogP contribution < -0.4 is 10.3 Å². The summed E-state index contributed by atoms with van der Waals surface area (Å²) in [6.45, 7) is 7.15. The van der Waals surface area contributed by atoms with Crippen molar-refractivity contribution in [3.8, 4) is 0 Å². The number of hydrogen-bond acceptors (Lipinski definition) is 3. The first-order chi connectivity index (χ1) is 15.6. The minimum atomic E-state index is -3.00. The molecule has 0 bridgehead atoms. The van der Waals surface area contributed by atoms with E-state index >= 15 is 0 Å². The van der Waals surface area contributed by atoms with Crippen molar-refractivity contribution >= 4 is 39.8 Å². The average molecular weight is 453 g/mol. The second kappa shape index (κ2) is 8.42. The van der Waals surface area contributed by atoms with E-state index in [9.17, 15) is 18.4 Å². The molecule has 6 nitrogen and oxygen atoms in total. The molecule has 4 rings (SSSR count). The Morgan fingerprint density at radius 2 is 1.94 bits per heavy atom. The van der Waals surface area contributed by atoms with Gasteiger partial charge in [0, 0.05) is 29.9 Å². The Bertz CT molecular complexity index is 1260. The van der Waals surface area contributed by atoms with Gasteiger partial charge in [0.15, 0.2) is 5.92 Å². The van der Waals surface area contributed by atoms with Crippen LogP contribution in [0.15, 0.2) is 59.8 Å². The molecule has 2 heterocycles. The van der Waals surface area contributed by atoms with Crippen LogP contribution in [0.2, 0.25) is 0 Å². The Labute approximate surface area is 190 Å². The van der Waals surface area contributed by atoms with Crippen molar-refractivity contribution in [3.05, 3.63) is 60.3 Å². The van der Waals surface area contributed by atoms with Crippen molar-refractivity contribution in [2.45, 2.75) is 46.1 Å². The van der Waals surface area contributed by atoms with Gasteiger partial charge < -0.3 is 9.88 Å². The SMILES string of the molecule is CCC(F)(F)c1cccc(NC(=O)C2C(=O)N(c3ccc4ccn(C(C)C)c4c3)N=C2C)c1. The summed E-state index contributed by atoms with van der Waals surface area (Å²) in [4.78, 5) is 26.1. The average Bonchev–Trinajstić information content (AvgIpc) is 3.33. The highest BCUT2D eigenvalue weighted by Crippen LogP contribution is 2.33. The fraction of sp³-hybridized carbons (Fsp3) is 0.320. The zero-order valence-corrected chi connectivity index (χ0v) is 19.0. The van der Waals surface area contributed by atoms with Gasteiger partial charge in [0.25, 0.3) is 11.8 Å². The number of carbonyl (C=O) groups excluding carboxylic acids is 2. The lowest BCUT2D eigenvalue weighted by atomic mass is 10.0. The number of hydrazone groups is 1. The fourth-order valence-corrected chi connectivity index (χ4v) is 4.02. The molecule has 172 valence electrons. The van der Waals surface area contributed by atoms with E-state index in [1.807, 2.05) is 24.4 Å². The summed E-state index contributed by atoms with van der Waals surface area (Å²) in [5.74, 6) is -5.22. The largest absolute Gasteiger partial charge is 0.345 e. The van der Waals surface area contributed by atoms with E-state index in [4.69, 9.17) is 0 Å². The Kier molecular flexibility index (Phi) is 5.78. The van der Waals surface area contributed by atoms with Crippen LogP contribution >= 0.6 is 0 Å². The Balaban J connectivity index is 1.57. The number of nitrogens with zero attached hydrogens (tertiary/aromatic N) is 3. The van der Waals surface area contributed by atoms with Crippen molar-refractivity contribution in [3.63, 3.8) is 0 Å². The lowest BCUT2D eigenvalue weighted by molar-refractivity contribution is -0.127. The summed E-state index contributed by atoms with van der Waals surface area (Å²) >= 11 is 0. The van der Waals surface area contributed by atoms with Crippen molar-refractivity contribution in [2.75, 3.05) is 10.3 Å². The third-order valence-electron chi connectivity index (χ3n) is 5.90. The van der Waals surface area contributed by atoms with Crippen molar-refractivity contribution < 1.29 is 18.4 Å². The lowest BCUT2D eigenvalue weighted by Gasteiger charge is -2.17. The molecule has 1 unspecified atom stereocenters. The number of rotatable bonds is 6. The summed E-state index contributed by atoms with van der Waals surface area (Å²) in [6, 6.07) is 13.4. The molecule has 0 aliphatic carbocycles. The summed E-state index contributed by atoms with van der Waals surface area (Å²) in [6.07, 6.45) is 1.64. The second-order valence-electron chi connectivity index (χ2n) is 8.51. The molecule has 1 atom stereocenters. The number of benzene rings is 2. The second-order valence-corrected chi connectivity index (χ2v) is 8.51. The quantitative estimate of drug-likeness (QED) is 0.488. The van der Waals surface area contributed by atoms with E-state index in [2.05, 4.69) is 28.8 Å². The zero-order chi connectivity index (χ0) is 23.9. The number of fused-ring (bicyclic) bond motifs is 1. The minimum Gasteiger partial charge on any atom is -0.345 e. The van der Waals surface area contributed by atoms with Gasteiger partial charge in [-0.25, -0.2) is 8.78 Å². The number of halogens is 2. The van der Waals surface area contributed by atoms with Gasteiger partial charge in [-0.2, -0.15) is 10.1 Å². The molecule has 1 N–H and O–H groups in total. The smallest absolute Gasteiger partial charge is 0.273 e. The number of anilines is 2. The van der Waals surface area contributed by atoms with Crippen LogP contribution in [0, 0.1) is 5.92 Å². The molecule has 1 aliphatic rings. The number of carbonyl (C=O) groups is 2. The van der Waals surface area contributed by atoms with Crippen molar-refractivity contribution in [1.29, 1.82) is 0 Å². The molecule has 0 radical (unpaired) electrons. The molecular formula is C25H26F2N4O2. The number of aromatic nitrogens is 1. The first kappa shape index (κ1) is 22.6. The minimum absolute atomic E-state index is 0.186. The van der Waals surface area contributed by atoms with Gasteiger partial charge in [-0.15, -0.1) is 0 Å². The van der Waals surface area contributed by atoms with E-state index in [-0.39, 0.29) is 23.7 Å². The van der Waals surface area contributed by atoms with Gasteiger partial charge in [-0.1, -0.05) is 25.1 Å². The van der Waals surface area contributed by atoms with Crippen molar-refractivity contribution in [2.24, 2.45) is 11.0 Å². The molecule has 3 aromatic rings. The molecule has 0 fully saturated rings. The van der Waals surface area contributed by atoms with Crippen LogP contribution in [0.5, 0.6) is 0 Å². The van der Waals surface area contributed by atoms with Crippen LogP contribution in [0.4, 0.5) is 20.2 Å². The summed E-state index contributed by atoms with van der Waals surface area (Å²) in [7, 11) is 0. The number of nitrogens with one attached hydrogen (secondary N) is 1. The maximum atomic E-state index is 14.0. The first-order valence-corrected chi connectivity index (χ1v) is 10.9. The molecule has 33 heavy (non-hydrogen) atoms. The van der Waals surface area contributed by atoms with Gasteiger partial charge >= 0.3 is 0 Å². The highest BCUT2D eigenvalue weighted by Gasteiger charge is 2.40. The molecule has 0 saturated carbocycles. The van der Waals surface area contributed by atoms with E-state index in [1.54, 1.807) is 13.0 Å². The summed E-state index contributed by atoms with van der Waals surface area (Å²) < 4.78 is 30.2. The van der Waals surface area contributed by atoms with Crippen LogP contribution in [0.25, 0.3) is 10.9 Å². The molecule has 1 aromatic heterocycles. The first-order valence-electron chi connectivity index (χ1n) is 10.9. The number of alkyl halides is 2. The molecule has 2 aromatic carbocycles. The van der Waals surface area contributed by atoms with E-state index in [1.165, 1.54) is 36.2 Å². The van der Waals surface area contributed by atoms with Gasteiger partial charge in [0.05, 0.1) is 16.9 Å². The Morgan fingerprint density at radius 3 is 2.64 bits per heavy atom. The third kappa shape index (κ3) is 4.13. The Morgan fingerprint density at radius 1 is 1.18 bits per heavy atom. The highest BCUT2D eigenvalue weighted by molar-refractivity contribution is 6.28. The van der Waals surface area contributed by atoms with Crippen molar-refractivity contribution in [1.82, 2.24) is 4.57 Å². The maximum Gasteiger partial charge on any atom is 0.273 e. The van der Waals surface area contributed by atoms with Crippen LogP contribution in [0.1, 0.15) is 45.7 Å². The topological polar surface area (TPSA) is 66.7 Å². The molecular weight excluding hydrogens is 426 g/mol. The lowest BCUT2D eigenvalue weighted by Crippen LogP contribution is -2.36. The van der Waals surface area contributed by atoms with Crippen LogP contribution in [-0.4, -0.2) is 22.1 Å². The number of hydrogen-bond donors (Lipinski definition) is 1. The zero-order valence-electron chi connectivity index (χ0n) is 19.0. The Hall–Kier alpha value is -3.55. The molecule has 0 spiro atoms. The number of amides is 2. The van der Waals surface area contributed by atoms with Crippen LogP contribution in [0.3, 0.4) is 0 Å². The van der Waals surface area contributed by atoms with E-state index in [0.29, 0.717) is 11.4 Å². The predicted molar refractivity (Wildman–Crippen MR) is 126 cm³/mol. The summed E-state index contributed by atoms with van der Waals surface area (Å²) in [5, 5.41) is 9.20. The maximum absolute atomic E-state index is 14.0. The molecule has 1 aliphatic heterocycles. The highest BCUT2D eigenvalue weighted by atomic mass is 19.3. The third-order valence-corrected chi connectivity index (χ3v) is 5.90. The normalized spacial score (nSPS) is 16.6. The van der Waals surface area contributed by atoms with Gasteiger partial charge in [0.2, 0.25) is 5.91 Å². The van der Waals surface area contributed by atoms with Gasteiger partial charge in [0.1, 0.15) is 0 Å². The standard InChI is InChI=1S/C25H26F2N4O2/c1-5-25(26,27)18-7-6-8-19(13-18)28-23(32)22-16(4)29-31(24(22)33)20-10-9-17-11-12-30(15(2)3)21(17)14-20/h6-15,22H,5H2,1-4H3,(H,28,32). The monoisotopic (exact) mass is 452 g/mol. The van der Waals surface area contributed by atoms with E-state index in [0.717, 1.165) is 10.9 Å². The van der Waals surface area contributed by atoms with Crippen LogP contribution in [-0.2, 0) is 15.5 Å². The summed E-state index contributed by atoms with van der Waals surface area (Å²) in [5.41, 5.74) is 1.89. The molecule has 2 amide bonds. The predicted octanol–water partition coefficient (Wildman–Crippen LogP) is 5.70. The molecule has 0 saturated heterocycles. The van der Waals surface area contributed by atoms with E-state index < -0.39 is 23.7 Å². The van der Waals surface area contributed by atoms with Gasteiger partial charge in [-0.3, -0.25) is 9.59 Å². The fourth-order valence-electron chi connectivity index (χ4n) is 4.02. The molecule has 8 heteroatoms.